The van der Waals surface area contributed by atoms with Gasteiger partial charge in [-0.25, -0.2) is 4.39 Å². The number of nitrogens with zero attached hydrogens (tertiary/aromatic N) is 1. The Labute approximate surface area is 101 Å². The molecule has 0 aliphatic carbocycles. The summed E-state index contributed by atoms with van der Waals surface area (Å²) in [5.74, 6) is -0.128. The predicted octanol–water partition coefficient (Wildman–Crippen LogP) is 2.57. The minimum Gasteiger partial charge on any atom is -0.319 e. The van der Waals surface area contributed by atoms with Crippen LogP contribution in [0.5, 0.6) is 0 Å². The summed E-state index contributed by atoms with van der Waals surface area (Å²) in [6.45, 7) is 0.737. The van der Waals surface area contributed by atoms with Gasteiger partial charge in [0.15, 0.2) is 0 Å². The number of likely N-dealkylation sites (N-methyl/N-ethyl adjacent to an activating group) is 1. The second-order valence-corrected chi connectivity index (χ2v) is 3.92. The van der Waals surface area contributed by atoms with Crippen molar-refractivity contribution in [2.75, 3.05) is 13.6 Å². The zero-order valence-corrected chi connectivity index (χ0v) is 9.73. The van der Waals surface area contributed by atoms with Crippen molar-refractivity contribution in [1.82, 2.24) is 10.3 Å². The maximum Gasteiger partial charge on any atom is 0.123 e. The molecule has 0 radical (unpaired) electrons. The molecular weight excluding hydrogens is 215 g/mol. The van der Waals surface area contributed by atoms with Crippen molar-refractivity contribution >= 4 is 0 Å². The van der Waals surface area contributed by atoms with Crippen LogP contribution in [0.1, 0.15) is 17.2 Å². The Bertz CT molecular complexity index is 471. The fourth-order valence-electron chi connectivity index (χ4n) is 1.90. The van der Waals surface area contributed by atoms with Gasteiger partial charge in [0.2, 0.25) is 0 Å². The SMILES string of the molecule is CNCC(c1cccc(F)c1)c1ccccn1. The van der Waals surface area contributed by atoms with Gasteiger partial charge < -0.3 is 5.32 Å². The predicted molar refractivity (Wildman–Crippen MR) is 66.4 cm³/mol. The van der Waals surface area contributed by atoms with Gasteiger partial charge in [-0.2, -0.15) is 0 Å². The van der Waals surface area contributed by atoms with Crippen LogP contribution in [-0.4, -0.2) is 18.6 Å². The van der Waals surface area contributed by atoms with E-state index in [9.17, 15) is 4.39 Å². The quantitative estimate of drug-likeness (QED) is 0.873. The van der Waals surface area contributed by atoms with E-state index >= 15 is 0 Å². The summed E-state index contributed by atoms with van der Waals surface area (Å²) < 4.78 is 13.2. The van der Waals surface area contributed by atoms with Crippen LogP contribution in [0.4, 0.5) is 4.39 Å². The Morgan fingerprint density at radius 3 is 2.76 bits per heavy atom. The van der Waals surface area contributed by atoms with Crippen molar-refractivity contribution in [1.29, 1.82) is 0 Å². The second kappa shape index (κ2) is 5.55. The highest BCUT2D eigenvalue weighted by Gasteiger charge is 2.14. The van der Waals surface area contributed by atoms with Gasteiger partial charge in [0, 0.05) is 24.4 Å². The molecule has 1 N–H and O–H groups in total. The summed E-state index contributed by atoms with van der Waals surface area (Å²) in [4.78, 5) is 4.34. The van der Waals surface area contributed by atoms with Gasteiger partial charge in [0.1, 0.15) is 5.82 Å². The van der Waals surface area contributed by atoms with E-state index in [1.807, 2.05) is 31.3 Å². The molecule has 0 saturated heterocycles. The minimum absolute atomic E-state index is 0.0805. The molecule has 1 heterocycles. The van der Waals surface area contributed by atoms with E-state index in [0.29, 0.717) is 0 Å². The van der Waals surface area contributed by atoms with E-state index in [1.54, 1.807) is 18.3 Å². The van der Waals surface area contributed by atoms with Gasteiger partial charge in [-0.05, 0) is 36.9 Å². The van der Waals surface area contributed by atoms with Crippen molar-refractivity contribution in [3.63, 3.8) is 0 Å². The number of hydrogen-bond donors (Lipinski definition) is 1. The fourth-order valence-corrected chi connectivity index (χ4v) is 1.90. The smallest absolute Gasteiger partial charge is 0.123 e. The molecule has 0 saturated carbocycles. The van der Waals surface area contributed by atoms with Crippen LogP contribution in [0.15, 0.2) is 48.7 Å². The Balaban J connectivity index is 2.35. The lowest BCUT2D eigenvalue weighted by atomic mass is 9.95. The van der Waals surface area contributed by atoms with Crippen LogP contribution in [-0.2, 0) is 0 Å². The molecule has 2 aromatic rings. The van der Waals surface area contributed by atoms with E-state index in [1.165, 1.54) is 6.07 Å². The number of benzene rings is 1. The van der Waals surface area contributed by atoms with Crippen molar-refractivity contribution < 1.29 is 4.39 Å². The van der Waals surface area contributed by atoms with Gasteiger partial charge in [-0.1, -0.05) is 18.2 Å². The van der Waals surface area contributed by atoms with Crippen molar-refractivity contribution in [3.8, 4) is 0 Å². The number of hydrogen-bond acceptors (Lipinski definition) is 2. The Kier molecular flexibility index (Phi) is 3.83. The summed E-state index contributed by atoms with van der Waals surface area (Å²) in [5, 5.41) is 3.12. The second-order valence-electron chi connectivity index (χ2n) is 3.92. The Hall–Kier alpha value is -1.74. The molecule has 2 nitrogen and oxygen atoms in total. The van der Waals surface area contributed by atoms with Crippen LogP contribution >= 0.6 is 0 Å². The molecule has 2 rings (SSSR count). The summed E-state index contributed by atoms with van der Waals surface area (Å²) >= 11 is 0. The topological polar surface area (TPSA) is 24.9 Å². The first-order valence-corrected chi connectivity index (χ1v) is 5.62. The maximum atomic E-state index is 13.2. The van der Waals surface area contributed by atoms with E-state index in [0.717, 1.165) is 17.8 Å². The zero-order valence-electron chi connectivity index (χ0n) is 9.73. The first-order chi connectivity index (χ1) is 8.31. The third-order valence-electron chi connectivity index (χ3n) is 2.70. The van der Waals surface area contributed by atoms with Gasteiger partial charge in [-0.3, -0.25) is 4.98 Å². The zero-order chi connectivity index (χ0) is 12.1. The molecule has 0 aliphatic heterocycles. The lowest BCUT2D eigenvalue weighted by Gasteiger charge is -2.16. The molecule has 88 valence electrons. The first kappa shape index (κ1) is 11.7. The molecule has 3 heteroatoms. The summed E-state index contributed by atoms with van der Waals surface area (Å²) in [6.07, 6.45) is 1.76. The minimum atomic E-state index is -0.209. The van der Waals surface area contributed by atoms with Crippen LogP contribution in [0.25, 0.3) is 0 Å². The van der Waals surface area contributed by atoms with E-state index in [-0.39, 0.29) is 11.7 Å². The van der Waals surface area contributed by atoms with E-state index < -0.39 is 0 Å². The number of pyridine rings is 1. The van der Waals surface area contributed by atoms with Crippen molar-refractivity contribution in [2.24, 2.45) is 0 Å². The molecule has 0 amide bonds. The van der Waals surface area contributed by atoms with Crippen molar-refractivity contribution in [3.05, 3.63) is 65.7 Å². The lowest BCUT2D eigenvalue weighted by Crippen LogP contribution is -2.19. The number of nitrogens with one attached hydrogen (secondary N) is 1. The average molecular weight is 230 g/mol. The van der Waals surface area contributed by atoms with Crippen LogP contribution in [0.2, 0.25) is 0 Å². The third kappa shape index (κ3) is 2.88. The Morgan fingerprint density at radius 1 is 1.24 bits per heavy atom. The third-order valence-corrected chi connectivity index (χ3v) is 2.70. The highest BCUT2D eigenvalue weighted by molar-refractivity contribution is 5.29. The highest BCUT2D eigenvalue weighted by atomic mass is 19.1. The average Bonchev–Trinajstić information content (AvgIpc) is 2.37. The summed E-state index contributed by atoms with van der Waals surface area (Å²) in [6, 6.07) is 12.5. The van der Waals surface area contributed by atoms with Gasteiger partial charge in [-0.15, -0.1) is 0 Å². The summed E-state index contributed by atoms with van der Waals surface area (Å²) in [7, 11) is 1.88. The molecule has 1 aromatic heterocycles. The van der Waals surface area contributed by atoms with Crippen LogP contribution in [0.3, 0.4) is 0 Å². The van der Waals surface area contributed by atoms with Crippen LogP contribution in [0, 0.1) is 5.82 Å². The lowest BCUT2D eigenvalue weighted by molar-refractivity contribution is 0.619. The molecule has 1 aromatic carbocycles. The maximum absolute atomic E-state index is 13.2. The van der Waals surface area contributed by atoms with E-state index in [2.05, 4.69) is 10.3 Å². The molecule has 0 bridgehead atoms. The summed E-state index contributed by atoms with van der Waals surface area (Å²) in [5.41, 5.74) is 1.89. The molecule has 17 heavy (non-hydrogen) atoms. The molecule has 0 aliphatic rings. The van der Waals surface area contributed by atoms with E-state index in [4.69, 9.17) is 0 Å². The molecule has 0 spiro atoms. The standard InChI is InChI=1S/C14H15FN2/c1-16-10-13(14-7-2-3-8-17-14)11-5-4-6-12(15)9-11/h2-9,13,16H,10H2,1H3. The molecule has 0 fully saturated rings. The Morgan fingerprint density at radius 2 is 2.12 bits per heavy atom. The number of halogens is 1. The largest absolute Gasteiger partial charge is 0.319 e. The monoisotopic (exact) mass is 230 g/mol. The first-order valence-electron chi connectivity index (χ1n) is 5.62. The van der Waals surface area contributed by atoms with Gasteiger partial charge in [0.05, 0.1) is 0 Å². The number of aromatic nitrogens is 1. The van der Waals surface area contributed by atoms with Gasteiger partial charge >= 0.3 is 0 Å². The molecule has 1 atom stereocenters. The van der Waals surface area contributed by atoms with Gasteiger partial charge in [0.25, 0.3) is 0 Å². The number of rotatable bonds is 4. The molecular formula is C14H15FN2. The van der Waals surface area contributed by atoms with Crippen molar-refractivity contribution in [2.45, 2.75) is 5.92 Å². The normalized spacial score (nSPS) is 12.4. The van der Waals surface area contributed by atoms with Crippen LogP contribution < -0.4 is 5.32 Å². The highest BCUT2D eigenvalue weighted by Crippen LogP contribution is 2.22. The molecule has 1 unspecified atom stereocenters. The fraction of sp³-hybridized carbons (Fsp3) is 0.214.